The second-order valence-corrected chi connectivity index (χ2v) is 5.92. The molecular formula is C18H29N3O2. The molecule has 1 N–H and O–H groups in total. The predicted octanol–water partition coefficient (Wildman–Crippen LogP) is 2.12. The number of amides is 1. The van der Waals surface area contributed by atoms with Crippen LogP contribution in [0.25, 0.3) is 0 Å². The summed E-state index contributed by atoms with van der Waals surface area (Å²) in [5.74, 6) is 1.14. The zero-order valence-electron chi connectivity index (χ0n) is 14.4. The minimum atomic E-state index is 0.267. The van der Waals surface area contributed by atoms with Crippen molar-refractivity contribution in [2.75, 3.05) is 51.3 Å². The van der Waals surface area contributed by atoms with Crippen molar-refractivity contribution in [1.82, 2.24) is 10.2 Å². The molecule has 0 aliphatic carbocycles. The van der Waals surface area contributed by atoms with Gasteiger partial charge in [0.05, 0.1) is 7.11 Å². The average molecular weight is 319 g/mol. The molecule has 0 radical (unpaired) electrons. The number of unbranched alkanes of at least 4 members (excludes halogenated alkanes) is 1. The van der Waals surface area contributed by atoms with Crippen LogP contribution in [0.4, 0.5) is 5.69 Å². The van der Waals surface area contributed by atoms with Gasteiger partial charge in [0.15, 0.2) is 0 Å². The van der Waals surface area contributed by atoms with Gasteiger partial charge in [0.2, 0.25) is 5.91 Å². The Balaban J connectivity index is 1.71. The number of rotatable bonds is 8. The number of ether oxygens (including phenoxy) is 1. The van der Waals surface area contributed by atoms with Crippen LogP contribution in [0.1, 0.15) is 26.2 Å². The highest BCUT2D eigenvalue weighted by molar-refractivity contribution is 5.76. The summed E-state index contributed by atoms with van der Waals surface area (Å²) < 4.78 is 5.19. The molecule has 0 atom stereocenters. The number of piperazine rings is 1. The minimum absolute atomic E-state index is 0.267. The van der Waals surface area contributed by atoms with Gasteiger partial charge in [-0.2, -0.15) is 0 Å². The molecule has 0 aromatic heterocycles. The van der Waals surface area contributed by atoms with E-state index in [1.54, 1.807) is 7.11 Å². The maximum absolute atomic E-state index is 12.2. The molecule has 1 aliphatic rings. The number of nitrogens with one attached hydrogen (secondary N) is 1. The summed E-state index contributed by atoms with van der Waals surface area (Å²) in [4.78, 5) is 16.5. The van der Waals surface area contributed by atoms with E-state index in [0.717, 1.165) is 45.0 Å². The van der Waals surface area contributed by atoms with Crippen molar-refractivity contribution in [3.8, 4) is 5.75 Å². The second-order valence-electron chi connectivity index (χ2n) is 5.92. The third-order valence-corrected chi connectivity index (χ3v) is 4.29. The van der Waals surface area contributed by atoms with Crippen LogP contribution in [0, 0.1) is 0 Å². The largest absolute Gasteiger partial charge is 0.497 e. The maximum Gasteiger partial charge on any atom is 0.223 e. The number of anilines is 1. The Labute approximate surface area is 139 Å². The lowest BCUT2D eigenvalue weighted by Crippen LogP contribution is -2.49. The van der Waals surface area contributed by atoms with Gasteiger partial charge in [0, 0.05) is 44.8 Å². The number of hydrogen-bond acceptors (Lipinski definition) is 4. The van der Waals surface area contributed by atoms with E-state index in [0.29, 0.717) is 6.42 Å². The van der Waals surface area contributed by atoms with Gasteiger partial charge < -0.3 is 19.9 Å². The lowest BCUT2D eigenvalue weighted by atomic mass is 10.2. The number of methoxy groups -OCH3 is 1. The molecule has 1 aromatic rings. The highest BCUT2D eigenvalue weighted by Gasteiger charge is 2.20. The highest BCUT2D eigenvalue weighted by atomic mass is 16.5. The van der Waals surface area contributed by atoms with Crippen LogP contribution in [-0.4, -0.2) is 57.2 Å². The zero-order valence-corrected chi connectivity index (χ0v) is 14.4. The van der Waals surface area contributed by atoms with Gasteiger partial charge in [-0.25, -0.2) is 0 Å². The fourth-order valence-electron chi connectivity index (χ4n) is 2.79. The lowest BCUT2D eigenvalue weighted by Gasteiger charge is -2.36. The zero-order chi connectivity index (χ0) is 16.5. The van der Waals surface area contributed by atoms with E-state index in [4.69, 9.17) is 4.74 Å². The first-order valence-electron chi connectivity index (χ1n) is 8.62. The number of nitrogens with zero attached hydrogens (tertiary/aromatic N) is 2. The van der Waals surface area contributed by atoms with Crippen LogP contribution in [-0.2, 0) is 4.79 Å². The molecule has 1 aliphatic heterocycles. The molecule has 23 heavy (non-hydrogen) atoms. The molecule has 0 unspecified atom stereocenters. The van der Waals surface area contributed by atoms with Crippen LogP contribution >= 0.6 is 0 Å². The van der Waals surface area contributed by atoms with Crippen molar-refractivity contribution < 1.29 is 9.53 Å². The molecule has 1 saturated heterocycles. The molecular weight excluding hydrogens is 290 g/mol. The van der Waals surface area contributed by atoms with Crippen molar-refractivity contribution in [3.05, 3.63) is 24.3 Å². The summed E-state index contributed by atoms with van der Waals surface area (Å²) >= 11 is 0. The lowest BCUT2D eigenvalue weighted by molar-refractivity contribution is -0.131. The molecule has 5 heteroatoms. The van der Waals surface area contributed by atoms with Gasteiger partial charge in [-0.15, -0.1) is 0 Å². The Bertz CT molecular complexity index is 468. The van der Waals surface area contributed by atoms with Gasteiger partial charge in [0.1, 0.15) is 5.75 Å². The highest BCUT2D eigenvalue weighted by Crippen LogP contribution is 2.20. The van der Waals surface area contributed by atoms with Crippen molar-refractivity contribution in [1.29, 1.82) is 0 Å². The third-order valence-electron chi connectivity index (χ3n) is 4.29. The topological polar surface area (TPSA) is 44.8 Å². The van der Waals surface area contributed by atoms with E-state index in [-0.39, 0.29) is 5.91 Å². The monoisotopic (exact) mass is 319 g/mol. The first-order chi connectivity index (χ1) is 11.2. The standard InChI is InChI=1S/C18H29N3O2/c1-3-4-10-19-11-9-18(22)21-14-12-20(13-15-21)16-5-7-17(23-2)8-6-16/h5-8,19H,3-4,9-15H2,1-2H3. The van der Waals surface area contributed by atoms with Crippen molar-refractivity contribution in [2.24, 2.45) is 0 Å². The smallest absolute Gasteiger partial charge is 0.223 e. The van der Waals surface area contributed by atoms with Crippen LogP contribution in [0.15, 0.2) is 24.3 Å². The Kier molecular flexibility index (Phi) is 7.20. The molecule has 128 valence electrons. The Morgan fingerprint density at radius 3 is 2.43 bits per heavy atom. The van der Waals surface area contributed by atoms with Gasteiger partial charge in [-0.1, -0.05) is 13.3 Å². The molecule has 5 nitrogen and oxygen atoms in total. The summed E-state index contributed by atoms with van der Waals surface area (Å²) in [7, 11) is 1.68. The summed E-state index contributed by atoms with van der Waals surface area (Å²) in [5.41, 5.74) is 1.19. The Morgan fingerprint density at radius 1 is 1.13 bits per heavy atom. The number of hydrogen-bond donors (Lipinski definition) is 1. The van der Waals surface area contributed by atoms with Gasteiger partial charge in [-0.3, -0.25) is 4.79 Å². The van der Waals surface area contributed by atoms with Gasteiger partial charge in [-0.05, 0) is 37.2 Å². The van der Waals surface area contributed by atoms with Crippen molar-refractivity contribution in [2.45, 2.75) is 26.2 Å². The second kappa shape index (κ2) is 9.40. The van der Waals surface area contributed by atoms with Crippen LogP contribution in [0.2, 0.25) is 0 Å². The molecule has 1 heterocycles. The molecule has 1 aromatic carbocycles. The van der Waals surface area contributed by atoms with E-state index in [2.05, 4.69) is 29.3 Å². The van der Waals surface area contributed by atoms with Crippen molar-refractivity contribution in [3.63, 3.8) is 0 Å². The minimum Gasteiger partial charge on any atom is -0.497 e. The van der Waals surface area contributed by atoms with E-state index >= 15 is 0 Å². The number of carbonyl (C=O) groups excluding carboxylic acids is 1. The number of benzene rings is 1. The summed E-state index contributed by atoms with van der Waals surface area (Å²) in [6.45, 7) is 7.37. The molecule has 1 amide bonds. The Morgan fingerprint density at radius 2 is 1.83 bits per heavy atom. The average Bonchev–Trinajstić information content (AvgIpc) is 2.61. The Hall–Kier alpha value is -1.75. The number of carbonyl (C=O) groups is 1. The van der Waals surface area contributed by atoms with Gasteiger partial charge in [0.25, 0.3) is 0 Å². The molecule has 1 fully saturated rings. The molecule has 0 spiro atoms. The van der Waals surface area contributed by atoms with Crippen LogP contribution in [0.3, 0.4) is 0 Å². The summed E-state index contributed by atoms with van der Waals surface area (Å²) in [5, 5.41) is 3.33. The molecule has 2 rings (SSSR count). The van der Waals surface area contributed by atoms with E-state index in [9.17, 15) is 4.79 Å². The molecule has 0 saturated carbocycles. The van der Waals surface area contributed by atoms with E-state index in [1.165, 1.54) is 18.5 Å². The van der Waals surface area contributed by atoms with Crippen LogP contribution < -0.4 is 15.0 Å². The molecule has 0 bridgehead atoms. The first kappa shape index (κ1) is 17.6. The summed E-state index contributed by atoms with van der Waals surface area (Å²) in [6, 6.07) is 8.12. The maximum atomic E-state index is 12.2. The summed E-state index contributed by atoms with van der Waals surface area (Å²) in [6.07, 6.45) is 2.97. The van der Waals surface area contributed by atoms with E-state index < -0.39 is 0 Å². The first-order valence-corrected chi connectivity index (χ1v) is 8.62. The quantitative estimate of drug-likeness (QED) is 0.746. The third kappa shape index (κ3) is 5.43. The normalized spacial score (nSPS) is 14.9. The van der Waals surface area contributed by atoms with E-state index in [1.807, 2.05) is 17.0 Å². The SMILES string of the molecule is CCCCNCCC(=O)N1CCN(c2ccc(OC)cc2)CC1. The predicted molar refractivity (Wildman–Crippen MR) is 94.2 cm³/mol. The fourth-order valence-corrected chi connectivity index (χ4v) is 2.79. The van der Waals surface area contributed by atoms with Crippen molar-refractivity contribution >= 4 is 11.6 Å². The fraction of sp³-hybridized carbons (Fsp3) is 0.611. The van der Waals surface area contributed by atoms with Crippen LogP contribution in [0.5, 0.6) is 5.75 Å². The van der Waals surface area contributed by atoms with Gasteiger partial charge >= 0.3 is 0 Å².